The molecule has 1 heterocycles. The second kappa shape index (κ2) is 8.47. The average molecular weight is 393 g/mol. The van der Waals surface area contributed by atoms with Gasteiger partial charge in [-0.15, -0.1) is 0 Å². The van der Waals surface area contributed by atoms with E-state index in [9.17, 15) is 18.7 Å². The number of benzene rings is 1. The van der Waals surface area contributed by atoms with Crippen molar-refractivity contribution in [1.82, 2.24) is 9.97 Å². The van der Waals surface area contributed by atoms with Gasteiger partial charge in [0, 0.05) is 19.5 Å². The number of aliphatic hydroxyl groups is 1. The number of hydrogen-bond donors (Lipinski definition) is 5. The number of aromatic nitrogens is 2. The van der Waals surface area contributed by atoms with Crippen LogP contribution in [0.4, 0.5) is 20.5 Å². The molecule has 0 spiro atoms. The zero-order valence-electron chi connectivity index (χ0n) is 16.2. The van der Waals surface area contributed by atoms with Crippen molar-refractivity contribution in [3.8, 4) is 0 Å². The molecule has 0 aliphatic rings. The first-order valence-electron chi connectivity index (χ1n) is 8.84. The predicted molar refractivity (Wildman–Crippen MR) is 106 cm³/mol. The first-order chi connectivity index (χ1) is 13.1. The Labute approximate surface area is 161 Å². The van der Waals surface area contributed by atoms with Crippen molar-refractivity contribution in [1.29, 1.82) is 5.41 Å². The molecule has 9 heteroatoms. The second-order valence-corrected chi connectivity index (χ2v) is 6.90. The van der Waals surface area contributed by atoms with E-state index in [1.54, 1.807) is 19.2 Å². The van der Waals surface area contributed by atoms with Crippen LogP contribution in [-0.4, -0.2) is 34.4 Å². The molecular weight excluding hydrogens is 368 g/mol. The van der Waals surface area contributed by atoms with Gasteiger partial charge in [-0.1, -0.05) is 38.1 Å². The number of alkyl halides is 2. The predicted octanol–water partition coefficient (Wildman–Crippen LogP) is 3.09. The van der Waals surface area contributed by atoms with E-state index in [0.29, 0.717) is 0 Å². The third-order valence-electron chi connectivity index (χ3n) is 4.35. The highest BCUT2D eigenvalue weighted by atomic mass is 19.3. The Kier molecular flexibility index (Phi) is 6.50. The lowest BCUT2D eigenvalue weighted by molar-refractivity contribution is 0.0174. The molecule has 0 saturated heterocycles. The summed E-state index contributed by atoms with van der Waals surface area (Å²) in [6.07, 6.45) is 0. The largest absolute Gasteiger partial charge is 0.390 e. The number of halogens is 2. The van der Waals surface area contributed by atoms with Gasteiger partial charge in [0.05, 0.1) is 18.4 Å². The van der Waals surface area contributed by atoms with E-state index in [1.807, 2.05) is 13.8 Å². The molecular formula is C19H25F2N5O2. The van der Waals surface area contributed by atoms with Crippen LogP contribution in [0.5, 0.6) is 0 Å². The van der Waals surface area contributed by atoms with Crippen LogP contribution in [0.3, 0.4) is 0 Å². The first kappa shape index (κ1) is 21.5. The van der Waals surface area contributed by atoms with Gasteiger partial charge in [0.15, 0.2) is 0 Å². The number of hydrogen-bond acceptors (Lipinski definition) is 6. The van der Waals surface area contributed by atoms with Gasteiger partial charge in [-0.2, -0.15) is 4.98 Å². The Bertz CT molecular complexity index is 889. The number of H-pyrrole nitrogens is 1. The lowest BCUT2D eigenvalue weighted by Crippen LogP contribution is -2.27. The molecule has 1 aromatic heterocycles. The molecule has 28 heavy (non-hydrogen) atoms. The summed E-state index contributed by atoms with van der Waals surface area (Å²) in [5.41, 5.74) is -0.263. The van der Waals surface area contributed by atoms with E-state index in [-0.39, 0.29) is 40.6 Å². The summed E-state index contributed by atoms with van der Waals surface area (Å²) in [7, 11) is 1.59. The van der Waals surface area contributed by atoms with Crippen LogP contribution in [0.15, 0.2) is 29.1 Å². The Balaban J connectivity index is 2.48. The Morgan fingerprint density at radius 2 is 1.93 bits per heavy atom. The second-order valence-electron chi connectivity index (χ2n) is 6.90. The number of nitrogens with one attached hydrogen (secondary N) is 4. The number of aliphatic hydroxyl groups excluding tert-OH is 1. The molecule has 5 N–H and O–H groups in total. The molecule has 0 amide bonds. The van der Waals surface area contributed by atoms with Gasteiger partial charge in [0.2, 0.25) is 5.95 Å². The molecule has 1 unspecified atom stereocenters. The fourth-order valence-corrected chi connectivity index (χ4v) is 2.82. The summed E-state index contributed by atoms with van der Waals surface area (Å²) in [6, 6.07) is 5.59. The number of aromatic amines is 1. The molecule has 2 aromatic rings. The maximum absolute atomic E-state index is 13.5. The van der Waals surface area contributed by atoms with Gasteiger partial charge in [-0.25, -0.2) is 8.78 Å². The minimum Gasteiger partial charge on any atom is -0.390 e. The molecule has 0 fully saturated rings. The van der Waals surface area contributed by atoms with Crippen molar-refractivity contribution in [3.05, 3.63) is 51.3 Å². The molecule has 0 bridgehead atoms. The summed E-state index contributed by atoms with van der Waals surface area (Å²) < 4.78 is 27.0. The van der Waals surface area contributed by atoms with Gasteiger partial charge in [0.25, 0.3) is 11.5 Å². The average Bonchev–Trinajstić information content (AvgIpc) is 2.64. The normalized spacial score (nSPS) is 12.7. The van der Waals surface area contributed by atoms with E-state index in [4.69, 9.17) is 5.41 Å². The third kappa shape index (κ3) is 4.72. The van der Waals surface area contributed by atoms with Crippen molar-refractivity contribution >= 4 is 17.5 Å². The Morgan fingerprint density at radius 3 is 2.39 bits per heavy atom. The van der Waals surface area contributed by atoms with Gasteiger partial charge in [-0.3, -0.25) is 9.78 Å². The summed E-state index contributed by atoms with van der Waals surface area (Å²) in [5, 5.41) is 23.1. The van der Waals surface area contributed by atoms with Crippen LogP contribution in [-0.2, 0) is 5.92 Å². The van der Waals surface area contributed by atoms with E-state index in [2.05, 4.69) is 20.6 Å². The maximum atomic E-state index is 13.5. The van der Waals surface area contributed by atoms with E-state index >= 15 is 0 Å². The lowest BCUT2D eigenvalue weighted by atomic mass is 9.94. The lowest BCUT2D eigenvalue weighted by Gasteiger charge is -2.25. The summed E-state index contributed by atoms with van der Waals surface area (Å²) in [5.74, 6) is -2.58. The van der Waals surface area contributed by atoms with Crippen LogP contribution in [0.1, 0.15) is 43.5 Å². The van der Waals surface area contributed by atoms with Crippen LogP contribution in [0.25, 0.3) is 0 Å². The molecule has 0 radical (unpaired) electrons. The fraction of sp³-hybridized carbons (Fsp3) is 0.421. The van der Waals surface area contributed by atoms with E-state index in [1.165, 1.54) is 12.1 Å². The minimum absolute atomic E-state index is 0.0169. The Hall–Kier alpha value is -2.81. The van der Waals surface area contributed by atoms with Crippen LogP contribution in [0.2, 0.25) is 0 Å². The molecule has 1 aromatic carbocycles. The standard InChI is InChI=1S/C19H25F2N5O2/c1-10(2)15(11-5-7-12(8-6-11)19(3,20)21)24-16-14(13(22)9-27)17(28)26-18(23-4)25-16/h5-8,10,15,22,27H,9H2,1-4H3,(H3,23,24,25,26,28). The zero-order valence-corrected chi connectivity index (χ0v) is 16.2. The molecule has 0 aliphatic heterocycles. The number of anilines is 2. The van der Waals surface area contributed by atoms with Crippen molar-refractivity contribution in [2.75, 3.05) is 24.3 Å². The minimum atomic E-state index is -2.93. The SMILES string of the molecule is CNc1nc(NC(c2ccc(C(C)(F)F)cc2)C(C)C)c(C(=N)CO)c(=O)[nH]1. The fourth-order valence-electron chi connectivity index (χ4n) is 2.82. The highest BCUT2D eigenvalue weighted by Crippen LogP contribution is 2.31. The van der Waals surface area contributed by atoms with E-state index < -0.39 is 18.1 Å². The van der Waals surface area contributed by atoms with E-state index in [0.717, 1.165) is 12.5 Å². The highest BCUT2D eigenvalue weighted by Gasteiger charge is 2.26. The quantitative estimate of drug-likeness (QED) is 0.442. The molecule has 0 aliphatic carbocycles. The van der Waals surface area contributed by atoms with Crippen LogP contribution >= 0.6 is 0 Å². The summed E-state index contributed by atoms with van der Waals surface area (Å²) in [4.78, 5) is 19.1. The van der Waals surface area contributed by atoms with Crippen LogP contribution in [0, 0.1) is 11.3 Å². The topological polar surface area (TPSA) is 114 Å². The van der Waals surface area contributed by atoms with Gasteiger partial charge in [0.1, 0.15) is 11.4 Å². The molecule has 152 valence electrons. The summed E-state index contributed by atoms with van der Waals surface area (Å²) >= 11 is 0. The number of nitrogens with zero attached hydrogens (tertiary/aromatic N) is 1. The summed E-state index contributed by atoms with van der Waals surface area (Å²) in [6.45, 7) is 4.09. The van der Waals surface area contributed by atoms with Gasteiger partial charge >= 0.3 is 0 Å². The first-order valence-corrected chi connectivity index (χ1v) is 8.84. The maximum Gasteiger partial charge on any atom is 0.270 e. The monoisotopic (exact) mass is 393 g/mol. The van der Waals surface area contributed by atoms with Gasteiger partial charge < -0.3 is 21.1 Å². The molecule has 2 rings (SSSR count). The smallest absolute Gasteiger partial charge is 0.270 e. The molecule has 7 nitrogen and oxygen atoms in total. The highest BCUT2D eigenvalue weighted by molar-refractivity contribution is 6.02. The van der Waals surface area contributed by atoms with Crippen molar-refractivity contribution in [3.63, 3.8) is 0 Å². The molecule has 1 atom stereocenters. The van der Waals surface area contributed by atoms with Crippen molar-refractivity contribution in [2.24, 2.45) is 5.92 Å². The van der Waals surface area contributed by atoms with Crippen molar-refractivity contribution in [2.45, 2.75) is 32.7 Å². The number of rotatable bonds is 8. The Morgan fingerprint density at radius 1 is 1.32 bits per heavy atom. The van der Waals surface area contributed by atoms with Crippen molar-refractivity contribution < 1.29 is 13.9 Å². The third-order valence-corrected chi connectivity index (χ3v) is 4.35. The van der Waals surface area contributed by atoms with Gasteiger partial charge in [-0.05, 0) is 11.5 Å². The molecule has 0 saturated carbocycles. The zero-order chi connectivity index (χ0) is 21.1. The van der Waals surface area contributed by atoms with Crippen LogP contribution < -0.4 is 16.2 Å².